The second-order valence-electron chi connectivity index (χ2n) is 7.00. The second-order valence-corrected chi connectivity index (χ2v) is 7.00. The van der Waals surface area contributed by atoms with Gasteiger partial charge in [0.05, 0.1) is 12.7 Å². The number of nitrogens with one attached hydrogen (secondary N) is 1. The van der Waals surface area contributed by atoms with E-state index in [2.05, 4.69) is 23.9 Å². The molecule has 0 heterocycles. The number of esters is 2. The van der Waals surface area contributed by atoms with E-state index in [1.807, 2.05) is 0 Å². The number of hydrogen-bond acceptors (Lipinski definition) is 5. The fourth-order valence-electron chi connectivity index (χ4n) is 3.23. The van der Waals surface area contributed by atoms with E-state index in [9.17, 15) is 14.4 Å². The highest BCUT2D eigenvalue weighted by molar-refractivity contribution is 5.91. The Labute approximate surface area is 159 Å². The quantitative estimate of drug-likeness (QED) is 0.612. The Morgan fingerprint density at radius 3 is 2.52 bits per heavy atom. The highest BCUT2D eigenvalue weighted by Gasteiger charge is 2.28. The Morgan fingerprint density at radius 1 is 1.15 bits per heavy atom. The van der Waals surface area contributed by atoms with Gasteiger partial charge in [-0.2, -0.15) is 0 Å². The number of benzene rings is 1. The number of amides is 1. The van der Waals surface area contributed by atoms with Crippen molar-refractivity contribution in [1.29, 1.82) is 0 Å². The van der Waals surface area contributed by atoms with Crippen LogP contribution < -0.4 is 5.32 Å². The van der Waals surface area contributed by atoms with Crippen LogP contribution >= 0.6 is 0 Å². The Morgan fingerprint density at radius 2 is 1.85 bits per heavy atom. The number of hydrogen-bond donors (Lipinski definition) is 1. The zero-order chi connectivity index (χ0) is 19.8. The molecular formula is C21H27NO5. The van der Waals surface area contributed by atoms with E-state index in [-0.39, 0.29) is 18.6 Å². The Balaban J connectivity index is 1.77. The Hall–Kier alpha value is -2.63. The maximum Gasteiger partial charge on any atom is 0.337 e. The summed E-state index contributed by atoms with van der Waals surface area (Å²) in [5, 5.41) is 2.97. The van der Waals surface area contributed by atoms with Crippen LogP contribution in [-0.2, 0) is 19.1 Å². The van der Waals surface area contributed by atoms with Crippen LogP contribution in [-0.4, -0.2) is 37.6 Å². The summed E-state index contributed by atoms with van der Waals surface area (Å²) in [6.07, 6.45) is 6.08. The highest BCUT2D eigenvalue weighted by atomic mass is 16.5. The van der Waals surface area contributed by atoms with Crippen molar-refractivity contribution >= 4 is 23.9 Å². The standard InChI is InChI=1S/C21H27NO5/c1-14-5-4-6-18(15(14)2)22-19(23)13-27-20(24)12-9-16-7-10-17(11-8-16)21(25)26-3/h7-12,14-15,18H,4-6,13H2,1-3H3,(H,22,23)/b12-9+/t14-,15-,18-/m1/s1. The maximum atomic E-state index is 12.0. The molecule has 27 heavy (non-hydrogen) atoms. The average molecular weight is 373 g/mol. The molecule has 0 unspecified atom stereocenters. The van der Waals surface area contributed by atoms with E-state index in [0.717, 1.165) is 18.4 Å². The Bertz CT molecular complexity index is 695. The highest BCUT2D eigenvalue weighted by Crippen LogP contribution is 2.29. The van der Waals surface area contributed by atoms with Crippen LogP contribution in [0.4, 0.5) is 0 Å². The molecule has 0 aliphatic heterocycles. The van der Waals surface area contributed by atoms with Crippen LogP contribution in [0.15, 0.2) is 30.3 Å². The van der Waals surface area contributed by atoms with Crippen LogP contribution in [0.3, 0.4) is 0 Å². The first-order valence-electron chi connectivity index (χ1n) is 9.23. The summed E-state index contributed by atoms with van der Waals surface area (Å²) >= 11 is 0. The average Bonchev–Trinajstić information content (AvgIpc) is 2.68. The zero-order valence-corrected chi connectivity index (χ0v) is 16.1. The van der Waals surface area contributed by atoms with E-state index >= 15 is 0 Å². The summed E-state index contributed by atoms with van der Waals surface area (Å²) < 4.78 is 9.62. The molecule has 1 amide bonds. The fourth-order valence-corrected chi connectivity index (χ4v) is 3.23. The van der Waals surface area contributed by atoms with Crippen molar-refractivity contribution in [2.75, 3.05) is 13.7 Å². The number of carbonyl (C=O) groups excluding carboxylic acids is 3. The van der Waals surface area contributed by atoms with E-state index < -0.39 is 11.9 Å². The molecule has 1 aromatic carbocycles. The summed E-state index contributed by atoms with van der Waals surface area (Å²) in [6.45, 7) is 4.06. The Kier molecular flexibility index (Phi) is 7.58. The molecular weight excluding hydrogens is 346 g/mol. The third kappa shape index (κ3) is 6.24. The number of rotatable bonds is 6. The molecule has 2 rings (SSSR count). The lowest BCUT2D eigenvalue weighted by molar-refractivity contribution is -0.144. The summed E-state index contributed by atoms with van der Waals surface area (Å²) in [6, 6.07) is 6.74. The molecule has 6 heteroatoms. The van der Waals surface area contributed by atoms with Gasteiger partial charge in [0.25, 0.3) is 5.91 Å². The van der Waals surface area contributed by atoms with Crippen LogP contribution in [0.2, 0.25) is 0 Å². The number of ether oxygens (including phenoxy) is 2. The molecule has 146 valence electrons. The van der Waals surface area contributed by atoms with Gasteiger partial charge in [0.1, 0.15) is 0 Å². The molecule has 0 saturated heterocycles. The second kappa shape index (κ2) is 9.90. The molecule has 0 radical (unpaired) electrons. The van der Waals surface area contributed by atoms with Crippen molar-refractivity contribution < 1.29 is 23.9 Å². The van der Waals surface area contributed by atoms with Crippen molar-refractivity contribution in [3.8, 4) is 0 Å². The minimum Gasteiger partial charge on any atom is -0.465 e. The zero-order valence-electron chi connectivity index (χ0n) is 16.1. The lowest BCUT2D eigenvalue weighted by Gasteiger charge is -2.34. The third-order valence-electron chi connectivity index (χ3n) is 5.14. The van der Waals surface area contributed by atoms with Gasteiger partial charge in [-0.25, -0.2) is 9.59 Å². The van der Waals surface area contributed by atoms with Crippen LogP contribution in [0.5, 0.6) is 0 Å². The predicted octanol–water partition coefficient (Wildman–Crippen LogP) is 2.97. The molecule has 1 aliphatic rings. The van der Waals surface area contributed by atoms with Gasteiger partial charge in [0, 0.05) is 12.1 Å². The minimum atomic E-state index is -0.591. The number of methoxy groups -OCH3 is 1. The van der Waals surface area contributed by atoms with Crippen molar-refractivity contribution in [2.45, 2.75) is 39.2 Å². The van der Waals surface area contributed by atoms with Gasteiger partial charge in [0.2, 0.25) is 0 Å². The SMILES string of the molecule is COC(=O)c1ccc(/C=C/C(=O)OCC(=O)N[C@@H]2CCC[C@@H](C)[C@H]2C)cc1. The van der Waals surface area contributed by atoms with E-state index in [1.54, 1.807) is 30.3 Å². The van der Waals surface area contributed by atoms with Crippen molar-refractivity contribution in [3.05, 3.63) is 41.5 Å². The molecule has 6 nitrogen and oxygen atoms in total. The lowest BCUT2D eigenvalue weighted by atomic mass is 9.78. The molecule has 1 aromatic rings. The first-order chi connectivity index (χ1) is 12.9. The predicted molar refractivity (Wildman–Crippen MR) is 102 cm³/mol. The van der Waals surface area contributed by atoms with Crippen LogP contribution in [0.1, 0.15) is 49.0 Å². The number of carbonyl (C=O) groups is 3. The molecule has 0 bridgehead atoms. The smallest absolute Gasteiger partial charge is 0.337 e. The first-order valence-corrected chi connectivity index (χ1v) is 9.23. The summed E-state index contributed by atoms with van der Waals surface area (Å²) in [5.41, 5.74) is 1.16. The van der Waals surface area contributed by atoms with Gasteiger partial charge in [-0.05, 0) is 42.0 Å². The van der Waals surface area contributed by atoms with Gasteiger partial charge in [-0.1, -0.05) is 38.8 Å². The molecule has 1 saturated carbocycles. The summed E-state index contributed by atoms with van der Waals surface area (Å²) in [4.78, 5) is 35.2. The largest absolute Gasteiger partial charge is 0.465 e. The maximum absolute atomic E-state index is 12.0. The normalized spacial score (nSPS) is 22.3. The van der Waals surface area contributed by atoms with E-state index in [0.29, 0.717) is 17.4 Å². The first kappa shape index (κ1) is 20.7. The van der Waals surface area contributed by atoms with Gasteiger partial charge in [0.15, 0.2) is 6.61 Å². The van der Waals surface area contributed by atoms with Gasteiger partial charge in [-0.3, -0.25) is 4.79 Å². The molecule has 3 atom stereocenters. The van der Waals surface area contributed by atoms with Gasteiger partial charge in [-0.15, -0.1) is 0 Å². The summed E-state index contributed by atoms with van der Waals surface area (Å²) in [5.74, 6) is -0.277. The fraction of sp³-hybridized carbons (Fsp3) is 0.476. The van der Waals surface area contributed by atoms with Gasteiger partial charge < -0.3 is 14.8 Å². The lowest BCUT2D eigenvalue weighted by Crippen LogP contribution is -2.45. The van der Waals surface area contributed by atoms with Gasteiger partial charge >= 0.3 is 11.9 Å². The molecule has 1 N–H and O–H groups in total. The van der Waals surface area contributed by atoms with E-state index in [1.165, 1.54) is 19.6 Å². The monoisotopic (exact) mass is 373 g/mol. The third-order valence-corrected chi connectivity index (χ3v) is 5.14. The van der Waals surface area contributed by atoms with Crippen molar-refractivity contribution in [3.63, 3.8) is 0 Å². The molecule has 0 aromatic heterocycles. The van der Waals surface area contributed by atoms with Crippen molar-refractivity contribution in [2.24, 2.45) is 11.8 Å². The summed E-state index contributed by atoms with van der Waals surface area (Å²) in [7, 11) is 1.32. The van der Waals surface area contributed by atoms with E-state index in [4.69, 9.17) is 4.74 Å². The molecule has 0 spiro atoms. The molecule has 1 aliphatic carbocycles. The topological polar surface area (TPSA) is 81.7 Å². The van der Waals surface area contributed by atoms with Crippen molar-refractivity contribution in [1.82, 2.24) is 5.32 Å². The molecule has 1 fully saturated rings. The van der Waals surface area contributed by atoms with Crippen LogP contribution in [0, 0.1) is 11.8 Å². The minimum absolute atomic E-state index is 0.142. The van der Waals surface area contributed by atoms with Crippen LogP contribution in [0.25, 0.3) is 6.08 Å².